The molecule has 5 aliphatic rings. The van der Waals surface area contributed by atoms with Crippen molar-refractivity contribution in [1.29, 1.82) is 0 Å². The summed E-state index contributed by atoms with van der Waals surface area (Å²) in [4.78, 5) is 7.45. The highest BCUT2D eigenvalue weighted by Crippen LogP contribution is 2.50. The normalized spacial score (nSPS) is 37.2. The molecule has 0 aromatic heterocycles. The molecule has 104 valence electrons. The fourth-order valence-corrected chi connectivity index (χ4v) is 5.15. The van der Waals surface area contributed by atoms with Crippen LogP contribution in [0.3, 0.4) is 0 Å². The molecule has 2 saturated heterocycles. The van der Waals surface area contributed by atoms with Gasteiger partial charge in [0.25, 0.3) is 0 Å². The van der Waals surface area contributed by atoms with Gasteiger partial charge in [-0.3, -0.25) is 0 Å². The van der Waals surface area contributed by atoms with Gasteiger partial charge in [0, 0.05) is 18.5 Å². The predicted molar refractivity (Wildman–Crippen MR) is 76.4 cm³/mol. The molecule has 2 aliphatic carbocycles. The van der Waals surface area contributed by atoms with Gasteiger partial charge in [-0.15, -0.1) is 0 Å². The zero-order chi connectivity index (χ0) is 13.3. The Morgan fingerprint density at radius 1 is 1.05 bits per heavy atom. The van der Waals surface area contributed by atoms with E-state index in [2.05, 4.69) is 4.90 Å². The van der Waals surface area contributed by atoms with Crippen molar-refractivity contribution in [3.8, 4) is 0 Å². The number of amidine groups is 1. The van der Waals surface area contributed by atoms with Crippen LogP contribution in [0.1, 0.15) is 37.7 Å². The minimum Gasteiger partial charge on any atom is -0.352 e. The van der Waals surface area contributed by atoms with Crippen LogP contribution in [-0.4, -0.2) is 16.8 Å². The van der Waals surface area contributed by atoms with E-state index in [1.54, 1.807) is 12.1 Å². The maximum Gasteiger partial charge on any atom is 0.125 e. The molecular formula is C17H19FN2. The summed E-state index contributed by atoms with van der Waals surface area (Å²) in [6, 6.07) is 5.78. The van der Waals surface area contributed by atoms with Crippen molar-refractivity contribution in [2.24, 2.45) is 22.7 Å². The number of halogens is 1. The highest BCUT2D eigenvalue weighted by molar-refractivity contribution is 5.90. The Bertz CT molecular complexity index is 595. The molecule has 2 saturated carbocycles. The first-order chi connectivity index (χ1) is 9.76. The van der Waals surface area contributed by atoms with E-state index in [9.17, 15) is 4.39 Å². The predicted octanol–water partition coefficient (Wildman–Crippen LogP) is 3.88. The summed E-state index contributed by atoms with van der Waals surface area (Å²) in [5.41, 5.74) is 2.06. The topological polar surface area (TPSA) is 15.6 Å². The molecule has 3 heteroatoms. The van der Waals surface area contributed by atoms with Gasteiger partial charge in [-0.05, 0) is 61.6 Å². The third kappa shape index (κ3) is 1.52. The number of hydrogen-bond acceptors (Lipinski definition) is 2. The molecule has 0 radical (unpaired) electrons. The SMILES string of the molecule is Fc1ccc2c(c1)N=C1C3C[C@H]4CC(C[C@H](C3)C4)N1C2. The fourth-order valence-electron chi connectivity index (χ4n) is 5.15. The molecule has 3 aliphatic heterocycles. The molecule has 1 aromatic carbocycles. The Balaban J connectivity index is 1.64. The van der Waals surface area contributed by atoms with E-state index < -0.39 is 0 Å². The molecular weight excluding hydrogens is 251 g/mol. The standard InChI is InChI=1S/C17H19FN2/c18-14-2-1-12-9-20-15-6-10-3-11(7-15)5-13(4-10)17(20)19-16(12)8-14/h1-2,8,10-11,13,15H,3-7,9H2/t10-,11-,13?,15?/m0/s1. The van der Waals surface area contributed by atoms with Crippen molar-refractivity contribution in [1.82, 2.24) is 4.90 Å². The first kappa shape index (κ1) is 11.3. The van der Waals surface area contributed by atoms with Gasteiger partial charge < -0.3 is 4.90 Å². The lowest BCUT2D eigenvalue weighted by molar-refractivity contribution is 0.128. The lowest BCUT2D eigenvalue weighted by atomic mass is 9.68. The van der Waals surface area contributed by atoms with Crippen molar-refractivity contribution in [3.05, 3.63) is 29.6 Å². The van der Waals surface area contributed by atoms with E-state index in [1.807, 2.05) is 6.07 Å². The monoisotopic (exact) mass is 270 g/mol. The second kappa shape index (κ2) is 3.84. The van der Waals surface area contributed by atoms with Crippen molar-refractivity contribution < 1.29 is 4.39 Å². The van der Waals surface area contributed by atoms with Crippen LogP contribution < -0.4 is 0 Å². The summed E-state index contributed by atoms with van der Waals surface area (Å²) in [6.07, 6.45) is 6.76. The number of nitrogens with zero attached hydrogens (tertiary/aromatic N) is 2. The molecule has 2 atom stereocenters. The maximum atomic E-state index is 13.5. The Labute approximate surface area is 118 Å². The number of hydrogen-bond donors (Lipinski definition) is 0. The summed E-state index contributed by atoms with van der Waals surface area (Å²) >= 11 is 0. The highest BCUT2D eigenvalue weighted by Gasteiger charge is 2.46. The molecule has 4 bridgehead atoms. The molecule has 4 fully saturated rings. The quantitative estimate of drug-likeness (QED) is 0.698. The molecule has 6 rings (SSSR count). The van der Waals surface area contributed by atoms with Crippen LogP contribution >= 0.6 is 0 Å². The fraction of sp³-hybridized carbons (Fsp3) is 0.588. The van der Waals surface area contributed by atoms with E-state index in [0.29, 0.717) is 12.0 Å². The number of aliphatic imine (C=N–C) groups is 1. The smallest absolute Gasteiger partial charge is 0.125 e. The summed E-state index contributed by atoms with van der Waals surface area (Å²) in [5, 5.41) is 0. The number of rotatable bonds is 0. The van der Waals surface area contributed by atoms with Crippen molar-refractivity contribution in [2.75, 3.05) is 0 Å². The molecule has 20 heavy (non-hydrogen) atoms. The number of benzene rings is 1. The Morgan fingerprint density at radius 3 is 2.65 bits per heavy atom. The molecule has 3 heterocycles. The summed E-state index contributed by atoms with van der Waals surface area (Å²) < 4.78 is 13.5. The van der Waals surface area contributed by atoms with Gasteiger partial charge in [-0.2, -0.15) is 0 Å². The van der Waals surface area contributed by atoms with E-state index in [1.165, 1.54) is 43.5 Å². The van der Waals surface area contributed by atoms with Gasteiger partial charge in [0.1, 0.15) is 11.7 Å². The lowest BCUT2D eigenvalue weighted by Crippen LogP contribution is -2.41. The molecule has 0 spiro atoms. The second-order valence-electron chi connectivity index (χ2n) is 7.13. The van der Waals surface area contributed by atoms with Crippen LogP contribution in [0.5, 0.6) is 0 Å². The zero-order valence-corrected chi connectivity index (χ0v) is 11.6. The first-order valence-corrected chi connectivity index (χ1v) is 7.90. The average Bonchev–Trinajstić information content (AvgIpc) is 2.59. The van der Waals surface area contributed by atoms with Crippen LogP contribution in [0.2, 0.25) is 0 Å². The van der Waals surface area contributed by atoms with Crippen LogP contribution in [0, 0.1) is 23.6 Å². The van der Waals surface area contributed by atoms with Gasteiger partial charge in [0.15, 0.2) is 0 Å². The van der Waals surface area contributed by atoms with Crippen molar-refractivity contribution in [2.45, 2.75) is 44.7 Å². The Hall–Kier alpha value is -1.38. The van der Waals surface area contributed by atoms with E-state index >= 15 is 0 Å². The summed E-state index contributed by atoms with van der Waals surface area (Å²) in [7, 11) is 0. The van der Waals surface area contributed by atoms with Gasteiger partial charge >= 0.3 is 0 Å². The summed E-state index contributed by atoms with van der Waals surface area (Å²) in [5.74, 6) is 3.55. The Kier molecular flexibility index (Phi) is 2.17. The molecule has 0 amide bonds. The second-order valence-corrected chi connectivity index (χ2v) is 7.13. The van der Waals surface area contributed by atoms with Crippen LogP contribution in [0.25, 0.3) is 0 Å². The van der Waals surface area contributed by atoms with Crippen molar-refractivity contribution >= 4 is 11.5 Å². The van der Waals surface area contributed by atoms with E-state index in [0.717, 1.165) is 24.1 Å². The van der Waals surface area contributed by atoms with Crippen LogP contribution in [-0.2, 0) is 6.54 Å². The van der Waals surface area contributed by atoms with E-state index in [4.69, 9.17) is 4.99 Å². The van der Waals surface area contributed by atoms with E-state index in [-0.39, 0.29) is 5.82 Å². The van der Waals surface area contributed by atoms with Gasteiger partial charge in [-0.25, -0.2) is 9.38 Å². The molecule has 1 aromatic rings. The van der Waals surface area contributed by atoms with Gasteiger partial charge in [-0.1, -0.05) is 6.07 Å². The largest absolute Gasteiger partial charge is 0.352 e. The zero-order valence-electron chi connectivity index (χ0n) is 11.6. The average molecular weight is 270 g/mol. The maximum absolute atomic E-state index is 13.5. The van der Waals surface area contributed by atoms with Gasteiger partial charge in [0.05, 0.1) is 5.69 Å². The van der Waals surface area contributed by atoms with Crippen LogP contribution in [0.4, 0.5) is 10.1 Å². The Morgan fingerprint density at radius 2 is 1.85 bits per heavy atom. The van der Waals surface area contributed by atoms with Gasteiger partial charge in [0.2, 0.25) is 0 Å². The lowest BCUT2D eigenvalue weighted by Gasteiger charge is -2.39. The molecule has 0 N–H and O–H groups in total. The number of fused-ring (bicyclic) bond motifs is 1. The molecule has 2 nitrogen and oxygen atoms in total. The first-order valence-electron chi connectivity index (χ1n) is 7.90. The third-order valence-electron chi connectivity index (χ3n) is 5.84. The van der Waals surface area contributed by atoms with Crippen LogP contribution in [0.15, 0.2) is 23.2 Å². The highest BCUT2D eigenvalue weighted by atomic mass is 19.1. The third-order valence-corrected chi connectivity index (χ3v) is 5.84. The molecule has 0 unspecified atom stereocenters. The minimum absolute atomic E-state index is 0.166. The van der Waals surface area contributed by atoms with Crippen molar-refractivity contribution in [3.63, 3.8) is 0 Å². The minimum atomic E-state index is -0.166. The summed E-state index contributed by atoms with van der Waals surface area (Å²) in [6.45, 7) is 0.940.